The summed E-state index contributed by atoms with van der Waals surface area (Å²) in [5, 5.41) is 14.8. The molecule has 8 nitrogen and oxygen atoms in total. The lowest BCUT2D eigenvalue weighted by Gasteiger charge is -2.47. The van der Waals surface area contributed by atoms with Crippen LogP contribution in [0.3, 0.4) is 0 Å². The van der Waals surface area contributed by atoms with Crippen LogP contribution in [0.4, 0.5) is 5.69 Å². The highest BCUT2D eigenvalue weighted by molar-refractivity contribution is 5.58. The van der Waals surface area contributed by atoms with Gasteiger partial charge in [-0.1, -0.05) is 12.1 Å². The Bertz CT molecular complexity index is 862. The van der Waals surface area contributed by atoms with E-state index in [0.29, 0.717) is 13.2 Å². The number of anilines is 1. The molecule has 1 aromatic heterocycles. The number of rotatable bonds is 6. The summed E-state index contributed by atoms with van der Waals surface area (Å²) in [6.45, 7) is 4.52. The number of ether oxygens (including phenoxy) is 3. The van der Waals surface area contributed by atoms with Crippen LogP contribution in [0.2, 0.25) is 0 Å². The summed E-state index contributed by atoms with van der Waals surface area (Å²) in [6.07, 6.45) is 2.49. The topological polar surface area (TPSA) is 79.3 Å². The molecule has 0 aliphatic carbocycles. The molecule has 1 aromatic carbocycles. The van der Waals surface area contributed by atoms with Crippen molar-refractivity contribution in [1.29, 1.82) is 0 Å². The smallest absolute Gasteiger partial charge is 0.176 e. The molecule has 4 heterocycles. The van der Waals surface area contributed by atoms with Crippen LogP contribution < -0.4 is 15.0 Å². The molecule has 3 aliphatic rings. The van der Waals surface area contributed by atoms with Crippen molar-refractivity contribution < 1.29 is 19.3 Å². The Morgan fingerprint density at radius 2 is 1.90 bits per heavy atom. The number of nitrogens with zero attached hydrogens (tertiary/aromatic N) is 3. The Morgan fingerprint density at radius 3 is 2.68 bits per heavy atom. The minimum atomic E-state index is -0.564. The lowest BCUT2D eigenvalue weighted by Crippen LogP contribution is -2.66. The molecule has 3 fully saturated rings. The van der Waals surface area contributed by atoms with E-state index >= 15 is 0 Å². The largest absolute Gasteiger partial charge is 0.495 e. The molecule has 0 unspecified atom stereocenters. The fraction of sp³-hybridized carbons (Fsp3) is 0.522. The van der Waals surface area contributed by atoms with Crippen LogP contribution in [0.15, 0.2) is 48.8 Å². The second kappa shape index (κ2) is 9.10. The first-order valence-corrected chi connectivity index (χ1v) is 10.9. The highest BCUT2D eigenvalue weighted by Crippen LogP contribution is 2.33. The molecule has 5 rings (SSSR count). The van der Waals surface area contributed by atoms with Gasteiger partial charge in [-0.2, -0.15) is 0 Å². The third kappa shape index (κ3) is 4.14. The Kier molecular flexibility index (Phi) is 6.06. The molecule has 3 saturated heterocycles. The predicted octanol–water partition coefficient (Wildman–Crippen LogP) is 0.855. The molecular formula is C23H30N4O4. The highest BCUT2D eigenvalue weighted by atomic mass is 16.7. The average Bonchev–Trinajstić information content (AvgIpc) is 3.25. The number of aliphatic hydroxyl groups is 1. The van der Waals surface area contributed by atoms with Crippen molar-refractivity contribution in [2.75, 3.05) is 44.8 Å². The molecule has 2 bridgehead atoms. The van der Waals surface area contributed by atoms with E-state index in [4.69, 9.17) is 14.2 Å². The molecule has 0 saturated carbocycles. The minimum absolute atomic E-state index is 0.132. The summed E-state index contributed by atoms with van der Waals surface area (Å²) in [4.78, 5) is 8.71. The van der Waals surface area contributed by atoms with Crippen molar-refractivity contribution in [3.05, 3.63) is 54.4 Å². The number of aliphatic hydroxyl groups excluding tert-OH is 1. The maximum Gasteiger partial charge on any atom is 0.176 e. The van der Waals surface area contributed by atoms with Crippen molar-refractivity contribution in [3.8, 4) is 5.75 Å². The van der Waals surface area contributed by atoms with E-state index in [1.807, 2.05) is 30.3 Å². The zero-order valence-electron chi connectivity index (χ0n) is 17.8. The van der Waals surface area contributed by atoms with E-state index in [-0.39, 0.29) is 24.5 Å². The van der Waals surface area contributed by atoms with Gasteiger partial charge in [0.15, 0.2) is 6.29 Å². The van der Waals surface area contributed by atoms with Gasteiger partial charge in [0, 0.05) is 45.1 Å². The van der Waals surface area contributed by atoms with Crippen LogP contribution in [-0.2, 0) is 16.0 Å². The molecule has 2 aromatic rings. The number of hydrogen-bond acceptors (Lipinski definition) is 8. The van der Waals surface area contributed by atoms with Crippen molar-refractivity contribution >= 4 is 5.69 Å². The van der Waals surface area contributed by atoms with Gasteiger partial charge in [-0.05, 0) is 29.8 Å². The summed E-state index contributed by atoms with van der Waals surface area (Å²) >= 11 is 0. The van der Waals surface area contributed by atoms with Crippen LogP contribution in [0.5, 0.6) is 5.75 Å². The van der Waals surface area contributed by atoms with Gasteiger partial charge < -0.3 is 29.5 Å². The lowest BCUT2D eigenvalue weighted by atomic mass is 9.94. The number of para-hydroxylation sites is 2. The SMILES string of the molecule is COc1ccccc1N1CCN([C@H]2[C@@H]3OC[C@@H](O3)[C@@H](NCc3ccncc3)[C@@H]2O)CC1. The van der Waals surface area contributed by atoms with Gasteiger partial charge in [-0.25, -0.2) is 0 Å². The first kappa shape index (κ1) is 20.7. The van der Waals surface area contributed by atoms with Crippen LogP contribution in [0.1, 0.15) is 5.56 Å². The number of hydrogen-bond donors (Lipinski definition) is 2. The van der Waals surface area contributed by atoms with Crippen molar-refractivity contribution in [2.24, 2.45) is 0 Å². The highest BCUT2D eigenvalue weighted by Gasteiger charge is 2.52. The molecule has 166 valence electrons. The third-order valence-electron chi connectivity index (χ3n) is 6.58. The van der Waals surface area contributed by atoms with Crippen LogP contribution in [0.25, 0.3) is 0 Å². The van der Waals surface area contributed by atoms with Gasteiger partial charge >= 0.3 is 0 Å². The monoisotopic (exact) mass is 426 g/mol. The van der Waals surface area contributed by atoms with Crippen LogP contribution >= 0.6 is 0 Å². The van der Waals surface area contributed by atoms with Crippen molar-refractivity contribution in [1.82, 2.24) is 15.2 Å². The van der Waals surface area contributed by atoms with Gasteiger partial charge in [-0.3, -0.25) is 9.88 Å². The van der Waals surface area contributed by atoms with E-state index in [9.17, 15) is 5.11 Å². The molecule has 0 spiro atoms. The second-order valence-corrected chi connectivity index (χ2v) is 8.31. The summed E-state index contributed by atoms with van der Waals surface area (Å²) < 4.78 is 17.6. The molecule has 31 heavy (non-hydrogen) atoms. The van der Waals surface area contributed by atoms with Gasteiger partial charge in [0.05, 0.1) is 37.6 Å². The zero-order valence-corrected chi connectivity index (χ0v) is 17.8. The minimum Gasteiger partial charge on any atom is -0.495 e. The number of fused-ring (bicyclic) bond motifs is 2. The van der Waals surface area contributed by atoms with Crippen molar-refractivity contribution in [2.45, 2.75) is 37.1 Å². The fourth-order valence-corrected chi connectivity index (χ4v) is 4.93. The van der Waals surface area contributed by atoms with Crippen molar-refractivity contribution in [3.63, 3.8) is 0 Å². The van der Waals surface area contributed by atoms with E-state index in [0.717, 1.165) is 43.2 Å². The Hall–Kier alpha value is -2.23. The molecular weight excluding hydrogens is 396 g/mol. The Balaban J connectivity index is 1.24. The predicted molar refractivity (Wildman–Crippen MR) is 116 cm³/mol. The standard InChI is InChI=1S/C23H30N4O4/c1-29-18-5-3-2-4-17(18)26-10-12-27(13-11-26)21-22(28)20(19-15-30-23(21)31-19)25-14-16-6-8-24-9-7-16/h2-9,19-23,25,28H,10-15H2,1H3/t19-,20-,21-,22+,23-/m1/s1. The second-order valence-electron chi connectivity index (χ2n) is 8.31. The number of nitrogens with one attached hydrogen (secondary N) is 1. The molecule has 5 atom stereocenters. The summed E-state index contributed by atoms with van der Waals surface area (Å²) in [6, 6.07) is 11.7. The molecule has 3 aliphatic heterocycles. The van der Waals surface area contributed by atoms with Gasteiger partial charge in [0.1, 0.15) is 11.9 Å². The molecule has 8 heteroatoms. The zero-order chi connectivity index (χ0) is 21.2. The lowest BCUT2D eigenvalue weighted by molar-refractivity contribution is -0.183. The Labute approximate surface area is 182 Å². The van der Waals surface area contributed by atoms with Gasteiger partial charge in [0.2, 0.25) is 0 Å². The number of pyridine rings is 1. The normalized spacial score (nSPS) is 31.0. The summed E-state index contributed by atoms with van der Waals surface area (Å²) in [7, 11) is 1.71. The quantitative estimate of drug-likeness (QED) is 0.704. The maximum absolute atomic E-state index is 11.3. The van der Waals surface area contributed by atoms with Crippen LogP contribution in [-0.4, -0.2) is 85.5 Å². The summed E-state index contributed by atoms with van der Waals surface area (Å²) in [5.41, 5.74) is 2.24. The maximum atomic E-state index is 11.3. The van der Waals surface area contributed by atoms with E-state index in [1.54, 1.807) is 19.5 Å². The molecule has 0 amide bonds. The van der Waals surface area contributed by atoms with Crippen LogP contribution in [0, 0.1) is 0 Å². The average molecular weight is 427 g/mol. The molecule has 2 N–H and O–H groups in total. The van der Waals surface area contributed by atoms with Gasteiger partial charge in [0.25, 0.3) is 0 Å². The summed E-state index contributed by atoms with van der Waals surface area (Å²) in [5.74, 6) is 0.888. The first-order valence-electron chi connectivity index (χ1n) is 10.9. The first-order chi connectivity index (χ1) is 15.2. The number of methoxy groups -OCH3 is 1. The van der Waals surface area contributed by atoms with Gasteiger partial charge in [-0.15, -0.1) is 0 Å². The van der Waals surface area contributed by atoms with E-state index in [2.05, 4.69) is 26.2 Å². The number of benzene rings is 1. The third-order valence-corrected chi connectivity index (χ3v) is 6.58. The Morgan fingerprint density at radius 1 is 1.13 bits per heavy atom. The van der Waals surface area contributed by atoms with E-state index in [1.165, 1.54) is 0 Å². The fourth-order valence-electron chi connectivity index (χ4n) is 4.93. The number of piperazine rings is 1. The number of aromatic nitrogens is 1. The molecule has 0 radical (unpaired) electrons. The van der Waals surface area contributed by atoms with E-state index < -0.39 is 6.10 Å².